The maximum Gasteiger partial charge on any atom is 0.322 e. The van der Waals surface area contributed by atoms with Gasteiger partial charge < -0.3 is 19.7 Å². The zero-order valence-corrected chi connectivity index (χ0v) is 11.7. The lowest BCUT2D eigenvalue weighted by Crippen LogP contribution is -2.43. The van der Waals surface area contributed by atoms with Gasteiger partial charge in [0, 0.05) is 17.6 Å². The van der Waals surface area contributed by atoms with Gasteiger partial charge in [0.2, 0.25) is 0 Å². The van der Waals surface area contributed by atoms with E-state index in [0.29, 0.717) is 37.7 Å². The van der Waals surface area contributed by atoms with Crippen molar-refractivity contribution in [2.75, 3.05) is 38.7 Å². The molecule has 0 radical (unpaired) electrons. The van der Waals surface area contributed by atoms with Crippen LogP contribution in [0.4, 0.5) is 10.5 Å². The van der Waals surface area contributed by atoms with Crippen molar-refractivity contribution in [2.24, 2.45) is 0 Å². The van der Waals surface area contributed by atoms with Gasteiger partial charge in [-0.25, -0.2) is 4.79 Å². The van der Waals surface area contributed by atoms with Crippen LogP contribution in [0.3, 0.4) is 0 Å². The smallest absolute Gasteiger partial charge is 0.322 e. The van der Waals surface area contributed by atoms with Crippen LogP contribution < -0.4 is 10.1 Å². The van der Waals surface area contributed by atoms with Crippen molar-refractivity contribution in [1.82, 2.24) is 4.90 Å². The molecule has 2 rings (SSSR count). The van der Waals surface area contributed by atoms with Crippen molar-refractivity contribution >= 4 is 27.6 Å². The highest BCUT2D eigenvalue weighted by Crippen LogP contribution is 2.28. The third kappa shape index (κ3) is 3.14. The van der Waals surface area contributed by atoms with Crippen molar-refractivity contribution in [2.45, 2.75) is 0 Å². The number of hydrogen-bond donors (Lipinski definition) is 1. The lowest BCUT2D eigenvalue weighted by Gasteiger charge is -2.27. The molecule has 1 heterocycles. The SMILES string of the molecule is COc1ccc(Br)cc1NC(=O)N1CCOCC1. The summed E-state index contributed by atoms with van der Waals surface area (Å²) in [4.78, 5) is 13.8. The van der Waals surface area contributed by atoms with E-state index in [1.165, 1.54) is 0 Å². The zero-order valence-electron chi connectivity index (χ0n) is 10.1. The summed E-state index contributed by atoms with van der Waals surface area (Å²) in [6.45, 7) is 2.40. The van der Waals surface area contributed by atoms with Gasteiger partial charge in [0.15, 0.2) is 0 Å². The number of carbonyl (C=O) groups excluding carboxylic acids is 1. The molecule has 1 fully saturated rings. The molecule has 6 heteroatoms. The Labute approximate surface area is 114 Å². The molecule has 0 atom stereocenters. The fourth-order valence-corrected chi connectivity index (χ4v) is 2.10. The van der Waals surface area contributed by atoms with Crippen LogP contribution in [0.15, 0.2) is 22.7 Å². The van der Waals surface area contributed by atoms with Gasteiger partial charge in [-0.15, -0.1) is 0 Å². The van der Waals surface area contributed by atoms with Crippen LogP contribution in [0.5, 0.6) is 5.75 Å². The number of methoxy groups -OCH3 is 1. The number of nitrogens with one attached hydrogen (secondary N) is 1. The maximum absolute atomic E-state index is 12.0. The molecular weight excluding hydrogens is 300 g/mol. The van der Waals surface area contributed by atoms with Crippen molar-refractivity contribution in [1.29, 1.82) is 0 Å². The Kier molecular flexibility index (Phi) is 4.43. The number of hydrogen-bond acceptors (Lipinski definition) is 3. The van der Waals surface area contributed by atoms with E-state index in [4.69, 9.17) is 9.47 Å². The number of morpholine rings is 1. The fourth-order valence-electron chi connectivity index (χ4n) is 1.74. The number of benzene rings is 1. The van der Waals surface area contributed by atoms with E-state index in [2.05, 4.69) is 21.2 Å². The van der Waals surface area contributed by atoms with Gasteiger partial charge >= 0.3 is 6.03 Å². The molecule has 0 spiro atoms. The van der Waals surface area contributed by atoms with Crippen molar-refractivity contribution in [3.05, 3.63) is 22.7 Å². The first kappa shape index (κ1) is 13.2. The average Bonchev–Trinajstić information content (AvgIpc) is 2.40. The minimum Gasteiger partial charge on any atom is -0.495 e. The van der Waals surface area contributed by atoms with E-state index in [9.17, 15) is 4.79 Å². The Balaban J connectivity index is 2.07. The summed E-state index contributed by atoms with van der Waals surface area (Å²) in [6.07, 6.45) is 0. The normalized spacial score (nSPS) is 15.3. The van der Waals surface area contributed by atoms with E-state index in [-0.39, 0.29) is 6.03 Å². The quantitative estimate of drug-likeness (QED) is 0.911. The average molecular weight is 315 g/mol. The number of carbonyl (C=O) groups is 1. The molecule has 1 saturated heterocycles. The Morgan fingerprint density at radius 2 is 2.17 bits per heavy atom. The van der Waals surface area contributed by atoms with Crippen molar-refractivity contribution < 1.29 is 14.3 Å². The Hall–Kier alpha value is -1.27. The lowest BCUT2D eigenvalue weighted by molar-refractivity contribution is 0.0564. The van der Waals surface area contributed by atoms with E-state index in [0.717, 1.165) is 4.47 Å². The van der Waals surface area contributed by atoms with Crippen LogP contribution in [0.2, 0.25) is 0 Å². The first-order valence-electron chi connectivity index (χ1n) is 5.68. The van der Waals surface area contributed by atoms with Crippen molar-refractivity contribution in [3.8, 4) is 5.75 Å². The van der Waals surface area contributed by atoms with Crippen molar-refractivity contribution in [3.63, 3.8) is 0 Å². The van der Waals surface area contributed by atoms with Gasteiger partial charge in [-0.3, -0.25) is 0 Å². The summed E-state index contributed by atoms with van der Waals surface area (Å²) in [7, 11) is 1.58. The number of urea groups is 1. The van der Waals surface area contributed by atoms with E-state index >= 15 is 0 Å². The molecule has 0 aliphatic carbocycles. The van der Waals surface area contributed by atoms with Gasteiger partial charge in [-0.1, -0.05) is 15.9 Å². The zero-order chi connectivity index (χ0) is 13.0. The van der Waals surface area contributed by atoms with Crippen LogP contribution in [0.25, 0.3) is 0 Å². The second kappa shape index (κ2) is 6.06. The monoisotopic (exact) mass is 314 g/mol. The first-order chi connectivity index (χ1) is 8.70. The Morgan fingerprint density at radius 1 is 1.44 bits per heavy atom. The molecule has 5 nitrogen and oxygen atoms in total. The van der Waals surface area contributed by atoms with Crippen LogP contribution in [-0.4, -0.2) is 44.3 Å². The molecule has 98 valence electrons. The number of nitrogens with zero attached hydrogens (tertiary/aromatic N) is 1. The highest BCUT2D eigenvalue weighted by Gasteiger charge is 2.18. The van der Waals surface area contributed by atoms with Gasteiger partial charge in [0.1, 0.15) is 5.75 Å². The summed E-state index contributed by atoms with van der Waals surface area (Å²) < 4.78 is 11.3. The molecule has 0 bridgehead atoms. The number of rotatable bonds is 2. The summed E-state index contributed by atoms with van der Waals surface area (Å²) in [5, 5.41) is 2.85. The minimum absolute atomic E-state index is 0.130. The molecule has 0 saturated carbocycles. The minimum atomic E-state index is -0.130. The van der Waals surface area contributed by atoms with Crippen LogP contribution in [0.1, 0.15) is 0 Å². The fraction of sp³-hybridized carbons (Fsp3) is 0.417. The molecule has 1 aromatic rings. The van der Waals surface area contributed by atoms with Gasteiger partial charge in [0.05, 0.1) is 26.0 Å². The molecule has 1 N–H and O–H groups in total. The molecule has 1 aliphatic heterocycles. The van der Waals surface area contributed by atoms with Crippen LogP contribution in [0, 0.1) is 0 Å². The summed E-state index contributed by atoms with van der Waals surface area (Å²) in [5.41, 5.74) is 0.656. The summed E-state index contributed by atoms with van der Waals surface area (Å²) >= 11 is 3.37. The molecule has 18 heavy (non-hydrogen) atoms. The van der Waals surface area contributed by atoms with Gasteiger partial charge in [-0.2, -0.15) is 0 Å². The molecule has 2 amide bonds. The molecule has 1 aliphatic rings. The predicted molar refractivity (Wildman–Crippen MR) is 72.1 cm³/mol. The highest BCUT2D eigenvalue weighted by atomic mass is 79.9. The molecule has 0 aromatic heterocycles. The van der Waals surface area contributed by atoms with E-state index in [1.54, 1.807) is 18.1 Å². The highest BCUT2D eigenvalue weighted by molar-refractivity contribution is 9.10. The Bertz CT molecular complexity index is 433. The van der Waals surface area contributed by atoms with Gasteiger partial charge in [0.25, 0.3) is 0 Å². The third-order valence-electron chi connectivity index (χ3n) is 2.70. The number of halogens is 1. The van der Waals surface area contributed by atoms with Crippen LogP contribution in [-0.2, 0) is 4.74 Å². The maximum atomic E-state index is 12.0. The Morgan fingerprint density at radius 3 is 2.83 bits per heavy atom. The first-order valence-corrected chi connectivity index (χ1v) is 6.47. The number of ether oxygens (including phenoxy) is 2. The van der Waals surface area contributed by atoms with Gasteiger partial charge in [-0.05, 0) is 18.2 Å². The lowest BCUT2D eigenvalue weighted by atomic mass is 10.3. The standard InChI is InChI=1S/C12H15BrN2O3/c1-17-11-3-2-9(13)8-10(11)14-12(16)15-4-6-18-7-5-15/h2-3,8H,4-7H2,1H3,(H,14,16). The second-order valence-electron chi connectivity index (χ2n) is 3.87. The summed E-state index contributed by atoms with van der Waals surface area (Å²) in [6, 6.07) is 5.36. The topological polar surface area (TPSA) is 50.8 Å². The molecular formula is C12H15BrN2O3. The summed E-state index contributed by atoms with van der Waals surface area (Å²) in [5.74, 6) is 0.639. The molecule has 1 aromatic carbocycles. The third-order valence-corrected chi connectivity index (χ3v) is 3.19. The van der Waals surface area contributed by atoms with E-state index in [1.807, 2.05) is 12.1 Å². The second-order valence-corrected chi connectivity index (χ2v) is 4.79. The number of amides is 2. The number of anilines is 1. The largest absolute Gasteiger partial charge is 0.495 e. The van der Waals surface area contributed by atoms with Crippen LogP contribution >= 0.6 is 15.9 Å². The van der Waals surface area contributed by atoms with E-state index < -0.39 is 0 Å². The molecule has 0 unspecified atom stereocenters. The predicted octanol–water partition coefficient (Wildman–Crippen LogP) is 2.32.